The van der Waals surface area contributed by atoms with E-state index in [0.29, 0.717) is 10.6 Å². The van der Waals surface area contributed by atoms with Crippen molar-refractivity contribution in [1.82, 2.24) is 0 Å². The van der Waals surface area contributed by atoms with Crippen LogP contribution in [0.15, 0.2) is 24.3 Å². The molecule has 1 aromatic rings. The molecule has 0 saturated carbocycles. The average Bonchev–Trinajstić information content (AvgIpc) is 2.03. The van der Waals surface area contributed by atoms with Crippen molar-refractivity contribution in [2.45, 2.75) is 0 Å². The van der Waals surface area contributed by atoms with Gasteiger partial charge in [-0.1, -0.05) is 29.7 Å². The molecule has 12 heavy (non-hydrogen) atoms. The van der Waals surface area contributed by atoms with Crippen LogP contribution in [0.3, 0.4) is 0 Å². The summed E-state index contributed by atoms with van der Waals surface area (Å²) in [7, 11) is 0. The zero-order chi connectivity index (χ0) is 8.97. The van der Waals surface area contributed by atoms with Gasteiger partial charge in [0.2, 0.25) is 0 Å². The summed E-state index contributed by atoms with van der Waals surface area (Å²) < 4.78 is 0. The van der Waals surface area contributed by atoms with E-state index in [1.807, 2.05) is 5.92 Å². The SMILES string of the molecule is O=C(O)C#Cc1ccccc1Cl. The predicted molar refractivity (Wildman–Crippen MR) is 46.0 cm³/mol. The fraction of sp³-hybridized carbons (Fsp3) is 0. The molecule has 1 N–H and O–H groups in total. The lowest BCUT2D eigenvalue weighted by Crippen LogP contribution is -1.87. The molecule has 0 radical (unpaired) electrons. The molecule has 0 heterocycles. The normalized spacial score (nSPS) is 8.42. The van der Waals surface area contributed by atoms with Crippen molar-refractivity contribution >= 4 is 17.6 Å². The average molecular weight is 181 g/mol. The summed E-state index contributed by atoms with van der Waals surface area (Å²) in [5, 5.41) is 8.71. The van der Waals surface area contributed by atoms with Crippen LogP contribution in [-0.2, 0) is 4.79 Å². The maximum absolute atomic E-state index is 10.1. The van der Waals surface area contributed by atoms with Crippen LogP contribution in [0.5, 0.6) is 0 Å². The van der Waals surface area contributed by atoms with E-state index in [1.165, 1.54) is 0 Å². The third kappa shape index (κ3) is 2.30. The summed E-state index contributed by atoms with van der Waals surface area (Å²) in [6.07, 6.45) is 0. The number of carboxylic acids is 1. The minimum Gasteiger partial charge on any atom is -0.472 e. The van der Waals surface area contributed by atoms with Crippen LogP contribution in [0, 0.1) is 11.8 Å². The van der Waals surface area contributed by atoms with Crippen LogP contribution < -0.4 is 0 Å². The second-order valence-electron chi connectivity index (χ2n) is 2.03. The molecule has 1 aromatic carbocycles. The number of hydrogen-bond acceptors (Lipinski definition) is 1. The molecule has 0 spiro atoms. The third-order valence-electron chi connectivity index (χ3n) is 1.18. The van der Waals surface area contributed by atoms with Gasteiger partial charge in [-0.05, 0) is 12.1 Å². The molecule has 0 unspecified atom stereocenters. The topological polar surface area (TPSA) is 37.3 Å². The summed E-state index contributed by atoms with van der Waals surface area (Å²) in [4.78, 5) is 10.1. The molecule has 0 bridgehead atoms. The van der Waals surface area contributed by atoms with Crippen LogP contribution in [-0.4, -0.2) is 11.1 Å². The first-order valence-electron chi connectivity index (χ1n) is 3.19. The fourth-order valence-corrected chi connectivity index (χ4v) is 0.866. The number of hydrogen-bond donors (Lipinski definition) is 1. The molecule has 0 aliphatic rings. The highest BCUT2D eigenvalue weighted by Gasteiger charge is 1.93. The molecular weight excluding hydrogens is 176 g/mol. The van der Waals surface area contributed by atoms with Crippen molar-refractivity contribution in [3.05, 3.63) is 34.9 Å². The highest BCUT2D eigenvalue weighted by molar-refractivity contribution is 6.31. The van der Waals surface area contributed by atoms with Crippen LogP contribution in [0.1, 0.15) is 5.56 Å². The Hall–Kier alpha value is -1.46. The number of carboxylic acid groups (broad SMARTS) is 1. The zero-order valence-electron chi connectivity index (χ0n) is 6.04. The van der Waals surface area contributed by atoms with E-state index in [0.717, 1.165) is 0 Å². The number of aliphatic carboxylic acids is 1. The van der Waals surface area contributed by atoms with Gasteiger partial charge in [0.1, 0.15) is 0 Å². The van der Waals surface area contributed by atoms with E-state index in [9.17, 15) is 4.79 Å². The van der Waals surface area contributed by atoms with Crippen molar-refractivity contribution in [3.63, 3.8) is 0 Å². The number of halogens is 1. The molecule has 60 valence electrons. The Morgan fingerprint density at radius 2 is 2.08 bits per heavy atom. The van der Waals surface area contributed by atoms with Gasteiger partial charge >= 0.3 is 5.97 Å². The molecule has 0 amide bonds. The van der Waals surface area contributed by atoms with Crippen LogP contribution in [0.2, 0.25) is 5.02 Å². The second-order valence-corrected chi connectivity index (χ2v) is 2.44. The molecule has 0 saturated heterocycles. The molecule has 0 atom stereocenters. The molecule has 3 heteroatoms. The van der Waals surface area contributed by atoms with Gasteiger partial charge in [0.15, 0.2) is 0 Å². The van der Waals surface area contributed by atoms with E-state index >= 15 is 0 Å². The van der Waals surface area contributed by atoms with Gasteiger partial charge < -0.3 is 5.11 Å². The van der Waals surface area contributed by atoms with Gasteiger partial charge in [0.05, 0.1) is 5.02 Å². The van der Waals surface area contributed by atoms with Gasteiger partial charge in [0.25, 0.3) is 0 Å². The van der Waals surface area contributed by atoms with Gasteiger partial charge in [-0.25, -0.2) is 4.79 Å². The molecule has 0 fully saturated rings. The van der Waals surface area contributed by atoms with Crippen LogP contribution in [0.25, 0.3) is 0 Å². The third-order valence-corrected chi connectivity index (χ3v) is 1.51. The first-order chi connectivity index (χ1) is 5.70. The van der Waals surface area contributed by atoms with Gasteiger partial charge in [-0.2, -0.15) is 0 Å². The maximum Gasteiger partial charge on any atom is 0.382 e. The van der Waals surface area contributed by atoms with Crippen LogP contribution >= 0.6 is 11.6 Å². The van der Waals surface area contributed by atoms with E-state index in [4.69, 9.17) is 16.7 Å². The van der Waals surface area contributed by atoms with Crippen molar-refractivity contribution in [3.8, 4) is 11.8 Å². The summed E-state index contributed by atoms with van der Waals surface area (Å²) in [6, 6.07) is 6.83. The fourth-order valence-electron chi connectivity index (χ4n) is 0.683. The minimum absolute atomic E-state index is 0.464. The molecule has 1 rings (SSSR count). The van der Waals surface area contributed by atoms with E-state index in [-0.39, 0.29) is 0 Å². The smallest absolute Gasteiger partial charge is 0.382 e. The lowest BCUT2D eigenvalue weighted by atomic mass is 10.2. The predicted octanol–water partition coefficient (Wildman–Crippen LogP) is 1.78. The highest BCUT2D eigenvalue weighted by Crippen LogP contribution is 2.12. The minimum atomic E-state index is -1.16. The summed E-state index contributed by atoms with van der Waals surface area (Å²) >= 11 is 5.71. The Labute approximate surface area is 74.8 Å². The zero-order valence-corrected chi connectivity index (χ0v) is 6.80. The first-order valence-corrected chi connectivity index (χ1v) is 3.57. The number of carbonyl (C=O) groups is 1. The lowest BCUT2D eigenvalue weighted by Gasteiger charge is -1.91. The number of rotatable bonds is 0. The van der Waals surface area contributed by atoms with Crippen molar-refractivity contribution in [2.24, 2.45) is 0 Å². The van der Waals surface area contributed by atoms with E-state index in [1.54, 1.807) is 24.3 Å². The molecule has 0 aromatic heterocycles. The van der Waals surface area contributed by atoms with Crippen molar-refractivity contribution in [1.29, 1.82) is 0 Å². The Morgan fingerprint density at radius 1 is 1.42 bits per heavy atom. The van der Waals surface area contributed by atoms with Crippen molar-refractivity contribution < 1.29 is 9.90 Å². The standard InChI is InChI=1S/C9H5ClO2/c10-8-4-2-1-3-7(8)5-6-9(11)12/h1-4H,(H,11,12). The summed E-state index contributed by atoms with van der Waals surface area (Å²) in [6.45, 7) is 0. The van der Waals surface area contributed by atoms with Gasteiger partial charge in [-0.3, -0.25) is 0 Å². The molecule has 0 aliphatic heterocycles. The maximum atomic E-state index is 10.1. The van der Waals surface area contributed by atoms with Gasteiger partial charge in [0, 0.05) is 11.5 Å². The van der Waals surface area contributed by atoms with Gasteiger partial charge in [-0.15, -0.1) is 0 Å². The summed E-state index contributed by atoms with van der Waals surface area (Å²) in [5.74, 6) is 3.26. The Bertz CT molecular complexity index is 360. The Kier molecular flexibility index (Phi) is 2.73. The van der Waals surface area contributed by atoms with E-state index < -0.39 is 5.97 Å². The quantitative estimate of drug-likeness (QED) is 0.618. The highest BCUT2D eigenvalue weighted by atomic mass is 35.5. The first kappa shape index (κ1) is 8.63. The second kappa shape index (κ2) is 3.80. The van der Waals surface area contributed by atoms with Crippen molar-refractivity contribution in [2.75, 3.05) is 0 Å². The molecule has 2 nitrogen and oxygen atoms in total. The lowest BCUT2D eigenvalue weighted by molar-refractivity contribution is -0.130. The van der Waals surface area contributed by atoms with Crippen LogP contribution in [0.4, 0.5) is 0 Å². The molecule has 0 aliphatic carbocycles. The van der Waals surface area contributed by atoms with E-state index in [2.05, 4.69) is 5.92 Å². The largest absolute Gasteiger partial charge is 0.472 e. The Balaban J connectivity index is 2.99. The monoisotopic (exact) mass is 180 g/mol. The Morgan fingerprint density at radius 3 is 2.67 bits per heavy atom. The summed E-state index contributed by atoms with van der Waals surface area (Å²) in [5.41, 5.74) is 0.529. The number of benzene rings is 1. The molecular formula is C9H5ClO2.